The van der Waals surface area contributed by atoms with Crippen LogP contribution in [0.25, 0.3) is 0 Å². The topological polar surface area (TPSA) is 125 Å². The van der Waals surface area contributed by atoms with Crippen molar-refractivity contribution in [3.8, 4) is 0 Å². The highest BCUT2D eigenvalue weighted by Crippen LogP contribution is 2.25. The zero-order valence-electron chi connectivity index (χ0n) is 14.8. The van der Waals surface area contributed by atoms with E-state index in [9.17, 15) is 22.4 Å². The van der Waals surface area contributed by atoms with Crippen molar-refractivity contribution in [2.24, 2.45) is 0 Å². The van der Waals surface area contributed by atoms with Crippen molar-refractivity contribution in [1.29, 1.82) is 0 Å². The minimum absolute atomic E-state index is 0.0496. The number of halogens is 1. The van der Waals surface area contributed by atoms with Crippen molar-refractivity contribution in [2.45, 2.75) is 24.5 Å². The molecule has 150 valence electrons. The summed E-state index contributed by atoms with van der Waals surface area (Å²) >= 11 is 0. The van der Waals surface area contributed by atoms with E-state index in [0.717, 1.165) is 16.4 Å². The number of carbonyl (C=O) groups excluding carboxylic acids is 2. The number of aliphatic hydroxyl groups excluding tert-OH is 1. The van der Waals surface area contributed by atoms with Gasteiger partial charge in [-0.3, -0.25) is 9.59 Å². The lowest BCUT2D eigenvalue weighted by Crippen LogP contribution is -2.53. The highest BCUT2D eigenvalue weighted by Gasteiger charge is 2.35. The third-order valence-corrected chi connectivity index (χ3v) is 5.97. The second-order valence-corrected chi connectivity index (χ2v) is 7.75. The molecule has 1 aliphatic heterocycles. The van der Waals surface area contributed by atoms with E-state index in [1.54, 1.807) is 0 Å². The van der Waals surface area contributed by atoms with E-state index >= 15 is 0 Å². The summed E-state index contributed by atoms with van der Waals surface area (Å²) in [6, 6.07) is 3.37. The quantitative estimate of drug-likeness (QED) is 0.529. The molecule has 0 aliphatic carbocycles. The summed E-state index contributed by atoms with van der Waals surface area (Å²) < 4.78 is 45.7. The zero-order valence-corrected chi connectivity index (χ0v) is 15.6. The molecule has 9 nitrogen and oxygen atoms in total. The van der Waals surface area contributed by atoms with Crippen LogP contribution < -0.4 is 10.6 Å². The first-order chi connectivity index (χ1) is 12.8. The summed E-state index contributed by atoms with van der Waals surface area (Å²) in [5, 5.41) is 13.1. The maximum absolute atomic E-state index is 13.3. The molecule has 1 saturated heterocycles. The van der Waals surface area contributed by atoms with Crippen molar-refractivity contribution in [3.05, 3.63) is 29.6 Å². The average molecular weight is 403 g/mol. The number of amides is 2. The van der Waals surface area contributed by atoms with E-state index in [-0.39, 0.29) is 36.7 Å². The normalized spacial score (nSPS) is 18.1. The molecule has 0 aromatic heterocycles. The molecule has 0 spiro atoms. The largest absolute Gasteiger partial charge is 0.395 e. The minimum Gasteiger partial charge on any atom is -0.395 e. The van der Waals surface area contributed by atoms with E-state index in [0.29, 0.717) is 13.0 Å². The molecule has 0 unspecified atom stereocenters. The van der Waals surface area contributed by atoms with Crippen molar-refractivity contribution >= 4 is 21.8 Å². The Balaban J connectivity index is 2.12. The van der Waals surface area contributed by atoms with Gasteiger partial charge in [-0.05, 0) is 37.1 Å². The van der Waals surface area contributed by atoms with Crippen LogP contribution in [-0.2, 0) is 24.3 Å². The van der Waals surface area contributed by atoms with E-state index < -0.39 is 33.9 Å². The number of nitrogens with zero attached hydrogens (tertiary/aromatic N) is 1. The number of carbonyl (C=O) groups is 2. The number of ether oxygens (including phenoxy) is 1. The van der Waals surface area contributed by atoms with Gasteiger partial charge < -0.3 is 20.5 Å². The van der Waals surface area contributed by atoms with Gasteiger partial charge in [-0.25, -0.2) is 12.8 Å². The van der Waals surface area contributed by atoms with E-state index in [2.05, 4.69) is 10.6 Å². The van der Waals surface area contributed by atoms with Crippen LogP contribution in [0, 0.1) is 12.7 Å². The number of hydrogen-bond acceptors (Lipinski definition) is 6. The SMILES string of the molecule is Cc1cc(F)ccc1S(=O)(=O)N1CCCO[C@H]1CNC(=O)C(=O)NCCO. The molecule has 2 rings (SSSR count). The molecule has 1 fully saturated rings. The van der Waals surface area contributed by atoms with Crippen molar-refractivity contribution in [2.75, 3.05) is 32.8 Å². The fourth-order valence-electron chi connectivity index (χ4n) is 2.64. The number of aliphatic hydroxyl groups is 1. The minimum atomic E-state index is -3.98. The van der Waals surface area contributed by atoms with Gasteiger partial charge in [-0.2, -0.15) is 4.31 Å². The molecule has 1 heterocycles. The first-order valence-electron chi connectivity index (χ1n) is 8.34. The predicted octanol–water partition coefficient (Wildman–Crippen LogP) is -0.904. The van der Waals surface area contributed by atoms with Gasteiger partial charge in [0.2, 0.25) is 10.0 Å². The van der Waals surface area contributed by atoms with Crippen LogP contribution in [0.4, 0.5) is 4.39 Å². The highest BCUT2D eigenvalue weighted by molar-refractivity contribution is 7.89. The zero-order chi connectivity index (χ0) is 20.0. The van der Waals surface area contributed by atoms with Crippen LogP contribution in [-0.4, -0.2) is 68.7 Å². The molecular weight excluding hydrogens is 381 g/mol. The maximum Gasteiger partial charge on any atom is 0.309 e. The second-order valence-electron chi connectivity index (χ2n) is 5.89. The monoisotopic (exact) mass is 403 g/mol. The summed E-state index contributed by atoms with van der Waals surface area (Å²) in [5.74, 6) is -2.45. The van der Waals surface area contributed by atoms with E-state index in [1.807, 2.05) is 0 Å². The molecule has 27 heavy (non-hydrogen) atoms. The first-order valence-corrected chi connectivity index (χ1v) is 9.78. The Hall–Kier alpha value is -2.08. The second kappa shape index (κ2) is 9.22. The van der Waals surface area contributed by atoms with E-state index in [1.165, 1.54) is 13.0 Å². The average Bonchev–Trinajstić information content (AvgIpc) is 2.64. The van der Waals surface area contributed by atoms with Gasteiger partial charge in [0, 0.05) is 13.1 Å². The number of nitrogens with one attached hydrogen (secondary N) is 2. The molecule has 1 aliphatic rings. The van der Waals surface area contributed by atoms with Gasteiger partial charge in [-0.1, -0.05) is 0 Å². The van der Waals surface area contributed by atoms with Crippen LogP contribution in [0.1, 0.15) is 12.0 Å². The Labute approximate surface area is 156 Å². The summed E-state index contributed by atoms with van der Waals surface area (Å²) in [5.41, 5.74) is 0.256. The molecule has 2 amide bonds. The lowest BCUT2D eigenvalue weighted by Gasteiger charge is -2.34. The molecule has 1 aromatic rings. The Morgan fingerprint density at radius 3 is 2.70 bits per heavy atom. The van der Waals surface area contributed by atoms with Crippen LogP contribution in [0.15, 0.2) is 23.1 Å². The Bertz CT molecular complexity index is 801. The number of hydrogen-bond donors (Lipinski definition) is 3. The van der Waals surface area contributed by atoms with Gasteiger partial charge in [0.25, 0.3) is 0 Å². The van der Waals surface area contributed by atoms with Gasteiger partial charge >= 0.3 is 11.8 Å². The Morgan fingerprint density at radius 2 is 2.04 bits per heavy atom. The van der Waals surface area contributed by atoms with Gasteiger partial charge in [-0.15, -0.1) is 0 Å². The molecule has 1 aromatic carbocycles. The fourth-order valence-corrected chi connectivity index (χ4v) is 4.41. The van der Waals surface area contributed by atoms with Crippen LogP contribution in [0.5, 0.6) is 0 Å². The van der Waals surface area contributed by atoms with Crippen molar-refractivity contribution < 1.29 is 32.2 Å². The maximum atomic E-state index is 13.3. The standard InChI is InChI=1S/C16H22FN3O6S/c1-11-9-12(17)3-4-13(11)27(24,25)20-6-2-8-26-14(20)10-19-16(23)15(22)18-5-7-21/h3-4,9,14,21H,2,5-8,10H2,1H3,(H,18,22)(H,19,23)/t14-/m0/s1. The summed E-state index contributed by atoms with van der Waals surface area (Å²) in [7, 11) is -3.98. The fraction of sp³-hybridized carbons (Fsp3) is 0.500. The number of benzene rings is 1. The smallest absolute Gasteiger partial charge is 0.309 e. The first kappa shape index (κ1) is 21.2. The number of rotatable bonds is 6. The summed E-state index contributed by atoms with van der Waals surface area (Å²) in [4.78, 5) is 23.2. The number of aryl methyl sites for hydroxylation is 1. The molecule has 0 bridgehead atoms. The Morgan fingerprint density at radius 1 is 1.33 bits per heavy atom. The molecule has 0 radical (unpaired) electrons. The molecule has 1 atom stereocenters. The molecule has 0 saturated carbocycles. The van der Waals surface area contributed by atoms with Gasteiger partial charge in [0.1, 0.15) is 12.0 Å². The lowest BCUT2D eigenvalue weighted by molar-refractivity contribution is -0.140. The summed E-state index contributed by atoms with van der Waals surface area (Å²) in [6.07, 6.45) is -0.538. The third-order valence-electron chi connectivity index (χ3n) is 3.92. The lowest BCUT2D eigenvalue weighted by atomic mass is 10.2. The molecular formula is C16H22FN3O6S. The van der Waals surface area contributed by atoms with Gasteiger partial charge in [0.15, 0.2) is 0 Å². The number of sulfonamides is 1. The van der Waals surface area contributed by atoms with Crippen molar-refractivity contribution in [1.82, 2.24) is 14.9 Å². The molecule has 11 heteroatoms. The Kier molecular flexibility index (Phi) is 7.25. The molecule has 3 N–H and O–H groups in total. The van der Waals surface area contributed by atoms with Crippen LogP contribution >= 0.6 is 0 Å². The summed E-state index contributed by atoms with van der Waals surface area (Å²) in [6.45, 7) is 1.33. The van der Waals surface area contributed by atoms with Crippen LogP contribution in [0.2, 0.25) is 0 Å². The predicted molar refractivity (Wildman–Crippen MR) is 92.5 cm³/mol. The highest BCUT2D eigenvalue weighted by atomic mass is 32.2. The van der Waals surface area contributed by atoms with E-state index in [4.69, 9.17) is 9.84 Å². The van der Waals surface area contributed by atoms with Gasteiger partial charge in [0.05, 0.1) is 24.7 Å². The van der Waals surface area contributed by atoms with Crippen molar-refractivity contribution in [3.63, 3.8) is 0 Å². The van der Waals surface area contributed by atoms with Crippen LogP contribution in [0.3, 0.4) is 0 Å². The third kappa shape index (κ3) is 5.22.